The molecule has 0 saturated heterocycles. The first-order valence-corrected chi connectivity index (χ1v) is 3.19. The average Bonchev–Trinajstić information content (AvgIpc) is 2.18. The van der Waals surface area contributed by atoms with Gasteiger partial charge in [-0.25, -0.2) is 0 Å². The van der Waals surface area contributed by atoms with E-state index in [9.17, 15) is 4.79 Å². The van der Waals surface area contributed by atoms with E-state index < -0.39 is 5.97 Å². The SMILES string of the molecule is Cc1nnc(C)n1CC(=O)O. The third-order valence-electron chi connectivity index (χ3n) is 1.41. The summed E-state index contributed by atoms with van der Waals surface area (Å²) in [6.45, 7) is 3.39. The largest absolute Gasteiger partial charge is 0.480 e. The topological polar surface area (TPSA) is 68.0 Å². The molecule has 0 saturated carbocycles. The van der Waals surface area contributed by atoms with Gasteiger partial charge in [-0.1, -0.05) is 0 Å². The molecule has 1 N–H and O–H groups in total. The van der Waals surface area contributed by atoms with E-state index in [-0.39, 0.29) is 6.54 Å². The molecule has 0 unspecified atom stereocenters. The zero-order valence-electron chi connectivity index (χ0n) is 6.40. The highest BCUT2D eigenvalue weighted by molar-refractivity contribution is 5.66. The number of rotatable bonds is 2. The molecule has 0 atom stereocenters. The van der Waals surface area contributed by atoms with E-state index in [2.05, 4.69) is 10.2 Å². The molecule has 0 bridgehead atoms. The van der Waals surface area contributed by atoms with Crippen LogP contribution in [0.3, 0.4) is 0 Å². The fourth-order valence-electron chi connectivity index (χ4n) is 0.851. The van der Waals surface area contributed by atoms with Gasteiger partial charge in [-0.05, 0) is 13.8 Å². The van der Waals surface area contributed by atoms with Crippen LogP contribution in [-0.2, 0) is 11.3 Å². The van der Waals surface area contributed by atoms with Gasteiger partial charge in [0.2, 0.25) is 0 Å². The summed E-state index contributed by atoms with van der Waals surface area (Å²) in [6, 6.07) is 0. The van der Waals surface area contributed by atoms with Crippen LogP contribution < -0.4 is 0 Å². The lowest BCUT2D eigenvalue weighted by Gasteiger charge is -1.99. The number of carboxylic acid groups (broad SMARTS) is 1. The van der Waals surface area contributed by atoms with Crippen molar-refractivity contribution in [2.75, 3.05) is 0 Å². The third-order valence-corrected chi connectivity index (χ3v) is 1.41. The number of hydrogen-bond donors (Lipinski definition) is 1. The van der Waals surface area contributed by atoms with Gasteiger partial charge in [0.15, 0.2) is 0 Å². The second kappa shape index (κ2) is 2.69. The van der Waals surface area contributed by atoms with E-state index in [0.717, 1.165) is 0 Å². The third kappa shape index (κ3) is 1.54. The van der Waals surface area contributed by atoms with Crippen molar-refractivity contribution in [1.82, 2.24) is 14.8 Å². The normalized spacial score (nSPS) is 10.0. The minimum Gasteiger partial charge on any atom is -0.480 e. The first-order valence-electron chi connectivity index (χ1n) is 3.19. The summed E-state index contributed by atoms with van der Waals surface area (Å²) in [5, 5.41) is 15.9. The summed E-state index contributed by atoms with van der Waals surface area (Å²) in [4.78, 5) is 10.3. The van der Waals surface area contributed by atoms with Crippen molar-refractivity contribution in [3.05, 3.63) is 11.6 Å². The van der Waals surface area contributed by atoms with Gasteiger partial charge in [0.25, 0.3) is 0 Å². The lowest BCUT2D eigenvalue weighted by atomic mass is 10.5. The van der Waals surface area contributed by atoms with Gasteiger partial charge in [-0.3, -0.25) is 4.79 Å². The predicted molar refractivity (Wildman–Crippen MR) is 37.1 cm³/mol. The fraction of sp³-hybridized carbons (Fsp3) is 0.500. The Morgan fingerprint density at radius 3 is 2.27 bits per heavy atom. The van der Waals surface area contributed by atoms with E-state index in [1.165, 1.54) is 0 Å². The zero-order valence-corrected chi connectivity index (χ0v) is 6.40. The smallest absolute Gasteiger partial charge is 0.323 e. The van der Waals surface area contributed by atoms with Gasteiger partial charge in [-0.15, -0.1) is 10.2 Å². The van der Waals surface area contributed by atoms with Crippen LogP contribution in [0.5, 0.6) is 0 Å². The molecule has 1 heterocycles. The van der Waals surface area contributed by atoms with Gasteiger partial charge in [0.05, 0.1) is 0 Å². The first-order chi connectivity index (χ1) is 5.11. The molecule has 0 spiro atoms. The summed E-state index contributed by atoms with van der Waals surface area (Å²) in [5.41, 5.74) is 0. The van der Waals surface area contributed by atoms with E-state index in [0.29, 0.717) is 11.6 Å². The number of hydrogen-bond acceptors (Lipinski definition) is 3. The fourth-order valence-corrected chi connectivity index (χ4v) is 0.851. The van der Waals surface area contributed by atoms with E-state index in [1.54, 1.807) is 18.4 Å². The molecular formula is C6H9N3O2. The molecule has 0 aliphatic rings. The molecule has 0 aromatic carbocycles. The number of carboxylic acids is 1. The highest BCUT2D eigenvalue weighted by Crippen LogP contribution is 1.97. The van der Waals surface area contributed by atoms with Crippen LogP contribution in [0.15, 0.2) is 0 Å². The van der Waals surface area contributed by atoms with Crippen molar-refractivity contribution in [2.24, 2.45) is 0 Å². The van der Waals surface area contributed by atoms with Crippen LogP contribution in [0, 0.1) is 13.8 Å². The van der Waals surface area contributed by atoms with Crippen molar-refractivity contribution in [3.63, 3.8) is 0 Å². The number of aromatic nitrogens is 3. The van der Waals surface area contributed by atoms with Crippen molar-refractivity contribution >= 4 is 5.97 Å². The van der Waals surface area contributed by atoms with Crippen LogP contribution in [0.4, 0.5) is 0 Å². The Labute approximate surface area is 63.7 Å². The molecule has 1 aromatic rings. The zero-order chi connectivity index (χ0) is 8.43. The minimum atomic E-state index is -0.879. The molecular weight excluding hydrogens is 146 g/mol. The van der Waals surface area contributed by atoms with E-state index in [4.69, 9.17) is 5.11 Å². The van der Waals surface area contributed by atoms with Crippen molar-refractivity contribution < 1.29 is 9.90 Å². The van der Waals surface area contributed by atoms with E-state index >= 15 is 0 Å². The van der Waals surface area contributed by atoms with Crippen LogP contribution in [0.25, 0.3) is 0 Å². The number of carbonyl (C=O) groups is 1. The van der Waals surface area contributed by atoms with Gasteiger partial charge in [0.1, 0.15) is 18.2 Å². The average molecular weight is 155 g/mol. The maximum Gasteiger partial charge on any atom is 0.323 e. The van der Waals surface area contributed by atoms with Crippen LogP contribution in [0.2, 0.25) is 0 Å². The number of nitrogens with zero attached hydrogens (tertiary/aromatic N) is 3. The Morgan fingerprint density at radius 2 is 1.91 bits per heavy atom. The molecule has 11 heavy (non-hydrogen) atoms. The summed E-state index contributed by atoms with van der Waals surface area (Å²) in [7, 11) is 0. The van der Waals surface area contributed by atoms with E-state index in [1.807, 2.05) is 0 Å². The Kier molecular flexibility index (Phi) is 1.89. The summed E-state index contributed by atoms with van der Waals surface area (Å²) < 4.78 is 1.54. The number of aryl methyl sites for hydroxylation is 2. The molecule has 5 nitrogen and oxygen atoms in total. The van der Waals surface area contributed by atoms with Crippen molar-refractivity contribution in [2.45, 2.75) is 20.4 Å². The van der Waals surface area contributed by atoms with Crippen molar-refractivity contribution in [3.8, 4) is 0 Å². The van der Waals surface area contributed by atoms with Crippen molar-refractivity contribution in [1.29, 1.82) is 0 Å². The molecule has 1 aromatic heterocycles. The highest BCUT2D eigenvalue weighted by atomic mass is 16.4. The molecule has 5 heteroatoms. The molecule has 60 valence electrons. The first kappa shape index (κ1) is 7.71. The molecule has 0 aliphatic heterocycles. The van der Waals surface area contributed by atoms with Gasteiger partial charge in [-0.2, -0.15) is 0 Å². The highest BCUT2D eigenvalue weighted by Gasteiger charge is 2.06. The molecule has 0 fully saturated rings. The van der Waals surface area contributed by atoms with Gasteiger partial charge >= 0.3 is 5.97 Å². The molecule has 1 rings (SSSR count). The quantitative estimate of drug-likeness (QED) is 0.651. The lowest BCUT2D eigenvalue weighted by molar-refractivity contribution is -0.137. The van der Waals surface area contributed by atoms with Crippen LogP contribution >= 0.6 is 0 Å². The Balaban J connectivity index is 2.92. The standard InChI is InChI=1S/C6H9N3O2/c1-4-7-8-5(2)9(4)3-6(10)11/h3H2,1-2H3,(H,10,11). The molecule has 0 amide bonds. The Bertz CT molecular complexity index is 260. The van der Waals surface area contributed by atoms with Crippen LogP contribution in [0.1, 0.15) is 11.6 Å². The number of aliphatic carboxylic acids is 1. The van der Waals surface area contributed by atoms with Crippen LogP contribution in [-0.4, -0.2) is 25.8 Å². The van der Waals surface area contributed by atoms with Gasteiger partial charge < -0.3 is 9.67 Å². The summed E-state index contributed by atoms with van der Waals surface area (Å²) in [6.07, 6.45) is 0. The maximum atomic E-state index is 10.3. The molecule has 0 aliphatic carbocycles. The summed E-state index contributed by atoms with van der Waals surface area (Å²) in [5.74, 6) is 0.380. The Morgan fingerprint density at radius 1 is 1.45 bits per heavy atom. The Hall–Kier alpha value is -1.39. The second-order valence-electron chi connectivity index (χ2n) is 2.27. The maximum absolute atomic E-state index is 10.3. The minimum absolute atomic E-state index is 0.0648. The second-order valence-corrected chi connectivity index (χ2v) is 2.27. The summed E-state index contributed by atoms with van der Waals surface area (Å²) >= 11 is 0. The monoisotopic (exact) mass is 155 g/mol. The van der Waals surface area contributed by atoms with Gasteiger partial charge in [0, 0.05) is 0 Å². The molecule has 0 radical (unpaired) electrons. The predicted octanol–water partition coefficient (Wildman–Crippen LogP) is -0.0205. The lowest BCUT2D eigenvalue weighted by Crippen LogP contribution is -2.11.